The standard InChI is InChI=1S/C28H26N2O6/c1-17(2)36-28(34)20-8-6-18(7-9-20)16-30-24(21-5-4-14-29-15-21)23(26(32)27(30)33)25(31)19-10-12-22(35-3)13-11-19/h4-15,17,24,31H,16H2,1-3H3/b25-23+. The molecule has 1 amide bonds. The Morgan fingerprint density at radius 2 is 1.69 bits per heavy atom. The van der Waals surface area contributed by atoms with Crippen LogP contribution in [0.15, 0.2) is 78.6 Å². The number of hydrogen-bond acceptors (Lipinski definition) is 7. The van der Waals surface area contributed by atoms with Crippen molar-refractivity contribution in [2.45, 2.75) is 32.5 Å². The summed E-state index contributed by atoms with van der Waals surface area (Å²) in [6.07, 6.45) is 2.92. The van der Waals surface area contributed by atoms with Crippen molar-refractivity contribution >= 4 is 23.4 Å². The van der Waals surface area contributed by atoms with E-state index in [-0.39, 0.29) is 24.0 Å². The number of rotatable bonds is 7. The zero-order valence-electron chi connectivity index (χ0n) is 20.2. The molecule has 1 aliphatic heterocycles. The van der Waals surface area contributed by atoms with Crippen molar-refractivity contribution in [2.24, 2.45) is 0 Å². The summed E-state index contributed by atoms with van der Waals surface area (Å²) in [6, 6.07) is 15.8. The SMILES string of the molecule is COc1ccc(/C(O)=C2\C(=O)C(=O)N(Cc3ccc(C(=O)OC(C)C)cc3)C2c2cccnc2)cc1. The second-order valence-corrected chi connectivity index (χ2v) is 8.59. The second-order valence-electron chi connectivity index (χ2n) is 8.59. The third-order valence-corrected chi connectivity index (χ3v) is 5.79. The first-order valence-electron chi connectivity index (χ1n) is 11.4. The van der Waals surface area contributed by atoms with Crippen molar-refractivity contribution in [2.75, 3.05) is 7.11 Å². The number of methoxy groups -OCH3 is 1. The van der Waals surface area contributed by atoms with Crippen LogP contribution in [0.2, 0.25) is 0 Å². The average Bonchev–Trinajstić information content (AvgIpc) is 3.13. The van der Waals surface area contributed by atoms with Crippen molar-refractivity contribution < 1.29 is 29.0 Å². The van der Waals surface area contributed by atoms with Crippen molar-refractivity contribution in [1.29, 1.82) is 0 Å². The molecule has 1 N–H and O–H groups in total. The monoisotopic (exact) mass is 486 g/mol. The summed E-state index contributed by atoms with van der Waals surface area (Å²) in [5, 5.41) is 11.1. The van der Waals surface area contributed by atoms with E-state index in [0.29, 0.717) is 28.0 Å². The predicted octanol–water partition coefficient (Wildman–Crippen LogP) is 4.28. The molecule has 4 rings (SSSR count). The topological polar surface area (TPSA) is 106 Å². The molecule has 184 valence electrons. The van der Waals surface area contributed by atoms with Crippen LogP contribution in [0.4, 0.5) is 0 Å². The summed E-state index contributed by atoms with van der Waals surface area (Å²) in [6.45, 7) is 3.63. The summed E-state index contributed by atoms with van der Waals surface area (Å²) in [5.41, 5.74) is 2.05. The number of pyridine rings is 1. The van der Waals surface area contributed by atoms with Crippen LogP contribution in [0.3, 0.4) is 0 Å². The third-order valence-electron chi connectivity index (χ3n) is 5.79. The minimum atomic E-state index is -0.841. The molecular formula is C28H26N2O6. The molecule has 1 unspecified atom stereocenters. The van der Waals surface area contributed by atoms with Gasteiger partial charge in [0.1, 0.15) is 11.5 Å². The summed E-state index contributed by atoms with van der Waals surface area (Å²) in [5.74, 6) is -1.64. The molecule has 3 aromatic rings. The quantitative estimate of drug-likeness (QED) is 0.230. The Morgan fingerprint density at radius 1 is 1.03 bits per heavy atom. The molecule has 1 fully saturated rings. The number of aliphatic hydroxyl groups excluding tert-OH is 1. The van der Waals surface area contributed by atoms with Gasteiger partial charge in [-0.1, -0.05) is 18.2 Å². The molecule has 1 aromatic heterocycles. The number of aromatic nitrogens is 1. The van der Waals surface area contributed by atoms with Gasteiger partial charge in [0.15, 0.2) is 0 Å². The van der Waals surface area contributed by atoms with Crippen molar-refractivity contribution in [3.05, 3.63) is 101 Å². The molecule has 0 spiro atoms. The van der Waals surface area contributed by atoms with Gasteiger partial charge in [0.05, 0.1) is 30.4 Å². The van der Waals surface area contributed by atoms with Crippen molar-refractivity contribution in [3.63, 3.8) is 0 Å². The van der Waals surface area contributed by atoms with Gasteiger partial charge < -0.3 is 19.5 Å². The Labute approximate surface area is 208 Å². The third kappa shape index (κ3) is 4.98. The van der Waals surface area contributed by atoms with Crippen molar-refractivity contribution in [3.8, 4) is 5.75 Å². The number of benzene rings is 2. The van der Waals surface area contributed by atoms with Crippen LogP contribution in [0.5, 0.6) is 5.75 Å². The highest BCUT2D eigenvalue weighted by Gasteiger charge is 2.46. The highest BCUT2D eigenvalue weighted by Crippen LogP contribution is 2.40. The predicted molar refractivity (Wildman–Crippen MR) is 132 cm³/mol. The van der Waals surface area contributed by atoms with E-state index < -0.39 is 23.7 Å². The Hall–Kier alpha value is -4.46. The molecule has 1 atom stereocenters. The van der Waals surface area contributed by atoms with E-state index in [0.717, 1.165) is 0 Å². The van der Waals surface area contributed by atoms with Crippen LogP contribution >= 0.6 is 0 Å². The lowest BCUT2D eigenvalue weighted by molar-refractivity contribution is -0.140. The van der Waals surface area contributed by atoms with Crippen LogP contribution in [-0.2, 0) is 20.9 Å². The molecule has 2 heterocycles. The van der Waals surface area contributed by atoms with Gasteiger partial charge in [0, 0.05) is 24.5 Å². The average molecular weight is 487 g/mol. The second kappa shape index (κ2) is 10.4. The van der Waals surface area contributed by atoms with Gasteiger partial charge >= 0.3 is 5.97 Å². The Kier molecular flexibility index (Phi) is 7.15. The Bertz CT molecular complexity index is 1300. The maximum Gasteiger partial charge on any atom is 0.338 e. The molecule has 0 radical (unpaired) electrons. The molecule has 1 aliphatic rings. The van der Waals surface area contributed by atoms with Crippen LogP contribution in [0.25, 0.3) is 5.76 Å². The lowest BCUT2D eigenvalue weighted by Gasteiger charge is -2.25. The van der Waals surface area contributed by atoms with Gasteiger partial charge in [-0.3, -0.25) is 14.6 Å². The molecule has 2 aromatic carbocycles. The molecule has 0 bridgehead atoms. The molecule has 8 heteroatoms. The van der Waals surface area contributed by atoms with Gasteiger partial charge in [0.2, 0.25) is 0 Å². The largest absolute Gasteiger partial charge is 0.507 e. The molecule has 0 saturated carbocycles. The van der Waals surface area contributed by atoms with E-state index in [9.17, 15) is 19.5 Å². The fraction of sp³-hybridized carbons (Fsp3) is 0.214. The van der Waals surface area contributed by atoms with Gasteiger partial charge in [-0.05, 0) is 67.4 Å². The molecule has 1 saturated heterocycles. The smallest absolute Gasteiger partial charge is 0.338 e. The number of Topliss-reactive ketones (excluding diaryl/α,β-unsaturated/α-hetero) is 1. The van der Waals surface area contributed by atoms with Crippen molar-refractivity contribution in [1.82, 2.24) is 9.88 Å². The number of ketones is 1. The summed E-state index contributed by atoms with van der Waals surface area (Å²) in [4.78, 5) is 44.0. The number of ether oxygens (including phenoxy) is 2. The minimum absolute atomic E-state index is 0.0182. The number of aliphatic hydroxyl groups is 1. The fourth-order valence-corrected chi connectivity index (χ4v) is 4.06. The zero-order valence-corrected chi connectivity index (χ0v) is 20.2. The number of nitrogens with zero attached hydrogens (tertiary/aromatic N) is 2. The Morgan fingerprint density at radius 3 is 2.28 bits per heavy atom. The van der Waals surface area contributed by atoms with E-state index in [4.69, 9.17) is 9.47 Å². The number of likely N-dealkylation sites (tertiary alicyclic amines) is 1. The maximum atomic E-state index is 13.2. The van der Waals surface area contributed by atoms with Crippen LogP contribution in [0.1, 0.15) is 46.9 Å². The van der Waals surface area contributed by atoms with E-state index in [1.165, 1.54) is 12.0 Å². The summed E-state index contributed by atoms with van der Waals surface area (Å²) >= 11 is 0. The first-order valence-corrected chi connectivity index (χ1v) is 11.4. The minimum Gasteiger partial charge on any atom is -0.507 e. The highest BCUT2D eigenvalue weighted by atomic mass is 16.5. The molecule has 8 nitrogen and oxygen atoms in total. The van der Waals surface area contributed by atoms with Gasteiger partial charge in [-0.25, -0.2) is 4.79 Å². The van der Waals surface area contributed by atoms with E-state index in [2.05, 4.69) is 4.98 Å². The summed E-state index contributed by atoms with van der Waals surface area (Å²) < 4.78 is 10.4. The lowest BCUT2D eigenvalue weighted by Crippen LogP contribution is -2.29. The number of carbonyl (C=O) groups excluding carboxylic acids is 3. The van der Waals surface area contributed by atoms with E-state index in [1.54, 1.807) is 86.9 Å². The first-order chi connectivity index (χ1) is 17.3. The van der Waals surface area contributed by atoms with E-state index >= 15 is 0 Å². The molecule has 36 heavy (non-hydrogen) atoms. The maximum absolute atomic E-state index is 13.2. The number of amides is 1. The first kappa shape index (κ1) is 24.7. The van der Waals surface area contributed by atoms with Crippen LogP contribution in [-0.4, -0.2) is 45.9 Å². The molecule has 0 aliphatic carbocycles. The Balaban J connectivity index is 1.71. The number of esters is 1. The van der Waals surface area contributed by atoms with Gasteiger partial charge in [-0.2, -0.15) is 0 Å². The van der Waals surface area contributed by atoms with Gasteiger partial charge in [0.25, 0.3) is 11.7 Å². The molecular weight excluding hydrogens is 460 g/mol. The fourth-order valence-electron chi connectivity index (χ4n) is 4.06. The lowest BCUT2D eigenvalue weighted by atomic mass is 9.96. The highest BCUT2D eigenvalue weighted by molar-refractivity contribution is 6.46. The summed E-state index contributed by atoms with van der Waals surface area (Å²) in [7, 11) is 1.53. The normalized spacial score (nSPS) is 16.9. The van der Waals surface area contributed by atoms with Crippen LogP contribution < -0.4 is 4.74 Å². The number of hydrogen-bond donors (Lipinski definition) is 1. The van der Waals surface area contributed by atoms with Gasteiger partial charge in [-0.15, -0.1) is 0 Å². The zero-order chi connectivity index (χ0) is 25.8. The van der Waals surface area contributed by atoms with Crippen LogP contribution in [0, 0.1) is 0 Å². The number of carbonyl (C=O) groups is 3. The van der Waals surface area contributed by atoms with E-state index in [1.807, 2.05) is 0 Å².